The van der Waals surface area contributed by atoms with Crippen molar-refractivity contribution in [3.05, 3.63) is 59.4 Å². The standard InChI is InChI=1S/C16H17F/c1-11(2)16-12(3)5-4-6-15(16)13-7-9-14(17)10-8-13/h4-11H,1-3H3. The minimum absolute atomic E-state index is 0.187. The van der Waals surface area contributed by atoms with E-state index in [2.05, 4.69) is 39.0 Å². The molecule has 0 bridgehead atoms. The van der Waals surface area contributed by atoms with E-state index in [1.54, 1.807) is 0 Å². The molecule has 0 fully saturated rings. The molecule has 0 atom stereocenters. The van der Waals surface area contributed by atoms with Gasteiger partial charge >= 0.3 is 0 Å². The molecule has 0 aliphatic carbocycles. The van der Waals surface area contributed by atoms with Crippen LogP contribution in [-0.2, 0) is 0 Å². The van der Waals surface area contributed by atoms with Crippen molar-refractivity contribution in [3.63, 3.8) is 0 Å². The molecular weight excluding hydrogens is 211 g/mol. The monoisotopic (exact) mass is 228 g/mol. The van der Waals surface area contributed by atoms with E-state index < -0.39 is 0 Å². The van der Waals surface area contributed by atoms with Gasteiger partial charge in [0.2, 0.25) is 0 Å². The van der Waals surface area contributed by atoms with Gasteiger partial charge in [0.15, 0.2) is 0 Å². The first-order valence-electron chi connectivity index (χ1n) is 5.95. The normalized spacial score (nSPS) is 10.9. The predicted octanol–water partition coefficient (Wildman–Crippen LogP) is 4.92. The van der Waals surface area contributed by atoms with Crippen LogP contribution in [0.3, 0.4) is 0 Å². The van der Waals surface area contributed by atoms with Crippen molar-refractivity contribution < 1.29 is 4.39 Å². The third-order valence-corrected chi connectivity index (χ3v) is 3.06. The van der Waals surface area contributed by atoms with Crippen LogP contribution in [-0.4, -0.2) is 0 Å². The summed E-state index contributed by atoms with van der Waals surface area (Å²) in [5.74, 6) is 0.281. The topological polar surface area (TPSA) is 0 Å². The fourth-order valence-corrected chi connectivity index (χ4v) is 2.33. The molecule has 0 aliphatic rings. The van der Waals surface area contributed by atoms with E-state index in [-0.39, 0.29) is 5.82 Å². The molecule has 17 heavy (non-hydrogen) atoms. The summed E-state index contributed by atoms with van der Waals surface area (Å²) in [6, 6.07) is 13.0. The summed E-state index contributed by atoms with van der Waals surface area (Å²) in [7, 11) is 0. The van der Waals surface area contributed by atoms with Gasteiger partial charge in [-0.15, -0.1) is 0 Å². The third-order valence-electron chi connectivity index (χ3n) is 3.06. The quantitative estimate of drug-likeness (QED) is 0.684. The summed E-state index contributed by atoms with van der Waals surface area (Å²) >= 11 is 0. The third kappa shape index (κ3) is 2.38. The Bertz CT molecular complexity index is 510. The molecule has 0 heterocycles. The number of hydrogen-bond acceptors (Lipinski definition) is 0. The maximum absolute atomic E-state index is 12.9. The van der Waals surface area contributed by atoms with Gasteiger partial charge in [0, 0.05) is 0 Å². The lowest BCUT2D eigenvalue weighted by Gasteiger charge is -2.16. The Morgan fingerprint density at radius 2 is 1.59 bits per heavy atom. The zero-order valence-electron chi connectivity index (χ0n) is 10.5. The zero-order valence-corrected chi connectivity index (χ0v) is 10.5. The van der Waals surface area contributed by atoms with Gasteiger partial charge in [-0.2, -0.15) is 0 Å². The van der Waals surface area contributed by atoms with Crippen molar-refractivity contribution in [1.82, 2.24) is 0 Å². The highest BCUT2D eigenvalue weighted by Gasteiger charge is 2.10. The molecule has 0 aliphatic heterocycles. The second kappa shape index (κ2) is 4.70. The zero-order chi connectivity index (χ0) is 12.4. The molecule has 1 heteroatoms. The molecule has 2 rings (SSSR count). The van der Waals surface area contributed by atoms with Crippen LogP contribution in [0, 0.1) is 12.7 Å². The van der Waals surface area contributed by atoms with E-state index in [9.17, 15) is 4.39 Å². The summed E-state index contributed by atoms with van der Waals surface area (Å²) in [6.07, 6.45) is 0. The summed E-state index contributed by atoms with van der Waals surface area (Å²) in [5.41, 5.74) is 4.93. The Morgan fingerprint density at radius 1 is 0.941 bits per heavy atom. The van der Waals surface area contributed by atoms with Crippen LogP contribution in [0.4, 0.5) is 4.39 Å². The van der Waals surface area contributed by atoms with Crippen molar-refractivity contribution in [2.45, 2.75) is 26.7 Å². The van der Waals surface area contributed by atoms with Gasteiger partial charge in [0.25, 0.3) is 0 Å². The van der Waals surface area contributed by atoms with E-state index in [1.165, 1.54) is 28.8 Å². The van der Waals surface area contributed by atoms with E-state index >= 15 is 0 Å². The van der Waals surface area contributed by atoms with Gasteiger partial charge in [0.1, 0.15) is 5.82 Å². The number of rotatable bonds is 2. The van der Waals surface area contributed by atoms with Gasteiger partial charge in [-0.3, -0.25) is 0 Å². The molecule has 0 nitrogen and oxygen atoms in total. The van der Waals surface area contributed by atoms with Crippen molar-refractivity contribution >= 4 is 0 Å². The van der Waals surface area contributed by atoms with Crippen molar-refractivity contribution in [2.75, 3.05) is 0 Å². The summed E-state index contributed by atoms with van der Waals surface area (Å²) in [5, 5.41) is 0. The first-order valence-corrected chi connectivity index (χ1v) is 5.95. The molecule has 0 radical (unpaired) electrons. The highest BCUT2D eigenvalue weighted by Crippen LogP contribution is 2.31. The fraction of sp³-hybridized carbons (Fsp3) is 0.250. The van der Waals surface area contributed by atoms with E-state index in [0.717, 1.165) is 5.56 Å². The molecule has 0 amide bonds. The smallest absolute Gasteiger partial charge is 0.123 e. The van der Waals surface area contributed by atoms with Crippen molar-refractivity contribution in [1.29, 1.82) is 0 Å². The SMILES string of the molecule is Cc1cccc(-c2ccc(F)cc2)c1C(C)C. The summed E-state index contributed by atoms with van der Waals surface area (Å²) < 4.78 is 12.9. The molecule has 2 aromatic rings. The first kappa shape index (κ1) is 11.8. The molecule has 88 valence electrons. The van der Waals surface area contributed by atoms with E-state index in [4.69, 9.17) is 0 Å². The number of aryl methyl sites for hydroxylation is 1. The molecule has 0 aromatic heterocycles. The highest BCUT2D eigenvalue weighted by atomic mass is 19.1. The Kier molecular flexibility index (Phi) is 3.28. The van der Waals surface area contributed by atoms with Crippen LogP contribution in [0.15, 0.2) is 42.5 Å². The fourth-order valence-electron chi connectivity index (χ4n) is 2.33. The Labute approximate surface area is 102 Å². The lowest BCUT2D eigenvalue weighted by Crippen LogP contribution is -1.96. The number of benzene rings is 2. The molecule has 0 N–H and O–H groups in total. The van der Waals surface area contributed by atoms with Gasteiger partial charge in [0.05, 0.1) is 0 Å². The average Bonchev–Trinajstić information content (AvgIpc) is 2.29. The average molecular weight is 228 g/mol. The molecule has 0 saturated heterocycles. The highest BCUT2D eigenvalue weighted by molar-refractivity contribution is 5.69. The summed E-state index contributed by atoms with van der Waals surface area (Å²) in [6.45, 7) is 6.51. The molecule has 2 aromatic carbocycles. The summed E-state index contributed by atoms with van der Waals surface area (Å²) in [4.78, 5) is 0. The van der Waals surface area contributed by atoms with Crippen LogP contribution in [0.25, 0.3) is 11.1 Å². The molecular formula is C16H17F. The molecule has 0 saturated carbocycles. The van der Waals surface area contributed by atoms with Crippen LogP contribution in [0.1, 0.15) is 30.9 Å². The van der Waals surface area contributed by atoms with E-state index in [0.29, 0.717) is 5.92 Å². The van der Waals surface area contributed by atoms with Crippen molar-refractivity contribution in [2.24, 2.45) is 0 Å². The van der Waals surface area contributed by atoms with Gasteiger partial charge in [-0.1, -0.05) is 44.2 Å². The number of halogens is 1. The minimum atomic E-state index is -0.187. The second-order valence-corrected chi connectivity index (χ2v) is 4.70. The lowest BCUT2D eigenvalue weighted by molar-refractivity contribution is 0.628. The second-order valence-electron chi connectivity index (χ2n) is 4.70. The van der Waals surface area contributed by atoms with Crippen LogP contribution >= 0.6 is 0 Å². The molecule has 0 spiro atoms. The first-order chi connectivity index (χ1) is 8.09. The lowest BCUT2D eigenvalue weighted by atomic mass is 9.89. The Morgan fingerprint density at radius 3 is 2.18 bits per heavy atom. The maximum atomic E-state index is 12.9. The Hall–Kier alpha value is -1.63. The van der Waals surface area contributed by atoms with Gasteiger partial charge in [-0.25, -0.2) is 4.39 Å². The number of hydrogen-bond donors (Lipinski definition) is 0. The van der Waals surface area contributed by atoms with Crippen LogP contribution in [0.2, 0.25) is 0 Å². The van der Waals surface area contributed by atoms with Gasteiger partial charge < -0.3 is 0 Å². The minimum Gasteiger partial charge on any atom is -0.207 e. The molecule has 0 unspecified atom stereocenters. The predicted molar refractivity (Wildman–Crippen MR) is 70.7 cm³/mol. The largest absolute Gasteiger partial charge is 0.207 e. The Balaban J connectivity index is 2.59. The van der Waals surface area contributed by atoms with Crippen LogP contribution in [0.5, 0.6) is 0 Å². The van der Waals surface area contributed by atoms with Gasteiger partial charge in [-0.05, 0) is 47.2 Å². The van der Waals surface area contributed by atoms with Crippen molar-refractivity contribution in [3.8, 4) is 11.1 Å². The maximum Gasteiger partial charge on any atom is 0.123 e. The van der Waals surface area contributed by atoms with Crippen LogP contribution < -0.4 is 0 Å². The van der Waals surface area contributed by atoms with E-state index in [1.807, 2.05) is 12.1 Å².